The summed E-state index contributed by atoms with van der Waals surface area (Å²) in [5.74, 6) is -1.24. The molecule has 3 atom stereocenters. The first kappa shape index (κ1) is 28.3. The Balaban J connectivity index is 1.58. The molecular formula is C32H39N3O4. The van der Waals surface area contributed by atoms with Crippen molar-refractivity contribution in [3.63, 3.8) is 0 Å². The normalized spacial score (nSPS) is 19.2. The summed E-state index contributed by atoms with van der Waals surface area (Å²) in [5.41, 5.74) is 2.93. The topological polar surface area (TPSA) is 86.8 Å². The minimum Gasteiger partial charge on any atom is -0.354 e. The van der Waals surface area contributed by atoms with Crippen LogP contribution in [0.5, 0.6) is 0 Å². The van der Waals surface area contributed by atoms with Crippen molar-refractivity contribution >= 4 is 23.6 Å². The van der Waals surface area contributed by atoms with E-state index in [1.165, 1.54) is 4.90 Å². The van der Waals surface area contributed by atoms with E-state index in [-0.39, 0.29) is 60.9 Å². The second-order valence-corrected chi connectivity index (χ2v) is 11.1. The molecule has 7 nitrogen and oxygen atoms in total. The molecule has 1 N–H and O–H groups in total. The molecule has 0 bridgehead atoms. The van der Waals surface area contributed by atoms with E-state index in [1.807, 2.05) is 87.5 Å². The number of fused-ring (bicyclic) bond motifs is 1. The summed E-state index contributed by atoms with van der Waals surface area (Å²) in [5, 5.41) is 3.02. The minimum absolute atomic E-state index is 0.0273. The zero-order valence-electron chi connectivity index (χ0n) is 23.1. The summed E-state index contributed by atoms with van der Waals surface area (Å²) in [6, 6.07) is 16.8. The van der Waals surface area contributed by atoms with E-state index in [0.717, 1.165) is 16.7 Å². The quantitative estimate of drug-likeness (QED) is 0.352. The number of hydrogen-bond acceptors (Lipinski definition) is 4. The van der Waals surface area contributed by atoms with Crippen LogP contribution in [-0.4, -0.2) is 52.6 Å². The average molecular weight is 530 g/mol. The third-order valence-electron chi connectivity index (χ3n) is 7.54. The monoisotopic (exact) mass is 529 g/mol. The minimum atomic E-state index is -0.740. The molecule has 1 aliphatic heterocycles. The average Bonchev–Trinajstić information content (AvgIpc) is 3.17. The predicted molar refractivity (Wildman–Crippen MR) is 150 cm³/mol. The van der Waals surface area contributed by atoms with Gasteiger partial charge in [-0.3, -0.25) is 24.1 Å². The zero-order valence-corrected chi connectivity index (χ0v) is 23.1. The largest absolute Gasteiger partial charge is 0.354 e. The number of carbonyl (C=O) groups is 4. The summed E-state index contributed by atoms with van der Waals surface area (Å²) in [6.07, 6.45) is 5.37. The number of nitrogens with one attached hydrogen (secondary N) is 1. The van der Waals surface area contributed by atoms with Crippen molar-refractivity contribution in [3.8, 4) is 0 Å². The van der Waals surface area contributed by atoms with E-state index in [4.69, 9.17) is 0 Å². The van der Waals surface area contributed by atoms with Gasteiger partial charge in [0.05, 0.1) is 11.8 Å². The van der Waals surface area contributed by atoms with Gasteiger partial charge in [0.2, 0.25) is 23.6 Å². The van der Waals surface area contributed by atoms with Crippen LogP contribution in [0.15, 0.2) is 66.7 Å². The Morgan fingerprint density at radius 3 is 2.21 bits per heavy atom. The Labute approximate surface area is 231 Å². The molecule has 4 rings (SSSR count). The fraction of sp³-hybridized carbons (Fsp3) is 0.438. The number of amides is 4. The third-order valence-corrected chi connectivity index (χ3v) is 7.54. The Kier molecular flexibility index (Phi) is 9.33. The molecule has 1 heterocycles. The first-order valence-corrected chi connectivity index (χ1v) is 13.9. The van der Waals surface area contributed by atoms with Crippen molar-refractivity contribution in [2.75, 3.05) is 13.1 Å². The van der Waals surface area contributed by atoms with Crippen LogP contribution in [0.2, 0.25) is 0 Å². The SMILES string of the molecule is Cc1cccc(CN(C(=O)CCN2C(=O)[C@H]3CC=CC[C@H]3C2=O)[C@H](Cc2ccccc2)C(=O)NCC(C)C)c1. The third kappa shape index (κ3) is 7.02. The van der Waals surface area contributed by atoms with Gasteiger partial charge in [0.25, 0.3) is 0 Å². The maximum absolute atomic E-state index is 13.9. The van der Waals surface area contributed by atoms with Gasteiger partial charge in [0, 0.05) is 32.5 Å². The van der Waals surface area contributed by atoms with Crippen LogP contribution >= 0.6 is 0 Å². The summed E-state index contributed by atoms with van der Waals surface area (Å²) < 4.78 is 0. The summed E-state index contributed by atoms with van der Waals surface area (Å²) in [4.78, 5) is 56.3. The number of imide groups is 1. The number of hydrogen-bond donors (Lipinski definition) is 1. The van der Waals surface area contributed by atoms with E-state index in [1.54, 1.807) is 4.90 Å². The lowest BCUT2D eigenvalue weighted by Gasteiger charge is -2.32. The molecule has 0 unspecified atom stereocenters. The number of rotatable bonds is 11. The van der Waals surface area contributed by atoms with Crippen molar-refractivity contribution in [1.29, 1.82) is 0 Å². The van der Waals surface area contributed by atoms with E-state index >= 15 is 0 Å². The van der Waals surface area contributed by atoms with Gasteiger partial charge in [-0.25, -0.2) is 0 Å². The maximum atomic E-state index is 13.9. The van der Waals surface area contributed by atoms with Crippen LogP contribution < -0.4 is 5.32 Å². The van der Waals surface area contributed by atoms with Gasteiger partial charge >= 0.3 is 0 Å². The lowest BCUT2D eigenvalue weighted by molar-refractivity contribution is -0.144. The number of benzene rings is 2. The number of nitrogens with zero attached hydrogens (tertiary/aromatic N) is 2. The lowest BCUT2D eigenvalue weighted by atomic mass is 9.85. The number of carbonyl (C=O) groups excluding carboxylic acids is 4. The zero-order chi connectivity index (χ0) is 27.9. The molecule has 2 aromatic rings. The van der Waals surface area contributed by atoms with Crippen LogP contribution in [0.4, 0.5) is 0 Å². The lowest BCUT2D eigenvalue weighted by Crippen LogP contribution is -2.51. The Hall–Kier alpha value is -3.74. The molecule has 1 fully saturated rings. The molecule has 206 valence electrons. The Morgan fingerprint density at radius 1 is 0.949 bits per heavy atom. The van der Waals surface area contributed by atoms with Gasteiger partial charge in [-0.15, -0.1) is 0 Å². The van der Waals surface area contributed by atoms with Gasteiger partial charge < -0.3 is 10.2 Å². The molecule has 7 heteroatoms. The highest BCUT2D eigenvalue weighted by atomic mass is 16.2. The highest BCUT2D eigenvalue weighted by Crippen LogP contribution is 2.35. The fourth-order valence-corrected chi connectivity index (χ4v) is 5.42. The van der Waals surface area contributed by atoms with E-state index < -0.39 is 6.04 Å². The molecule has 4 amide bonds. The second kappa shape index (κ2) is 12.9. The van der Waals surface area contributed by atoms with E-state index in [9.17, 15) is 19.2 Å². The van der Waals surface area contributed by atoms with Crippen molar-refractivity contribution in [2.45, 2.75) is 59.0 Å². The Bertz CT molecular complexity index is 1200. The van der Waals surface area contributed by atoms with Gasteiger partial charge in [0.15, 0.2) is 0 Å². The van der Waals surface area contributed by atoms with E-state index in [2.05, 4.69) is 5.32 Å². The van der Waals surface area contributed by atoms with Gasteiger partial charge in [-0.2, -0.15) is 0 Å². The fourth-order valence-electron chi connectivity index (χ4n) is 5.42. The molecule has 2 aliphatic rings. The van der Waals surface area contributed by atoms with Crippen molar-refractivity contribution in [2.24, 2.45) is 17.8 Å². The highest BCUT2D eigenvalue weighted by Gasteiger charge is 2.47. The molecule has 0 aromatic heterocycles. The van der Waals surface area contributed by atoms with Crippen LogP contribution in [0.1, 0.15) is 49.8 Å². The molecule has 39 heavy (non-hydrogen) atoms. The van der Waals surface area contributed by atoms with Crippen LogP contribution in [0.25, 0.3) is 0 Å². The van der Waals surface area contributed by atoms with Crippen molar-refractivity contribution in [3.05, 3.63) is 83.4 Å². The predicted octanol–water partition coefficient (Wildman–Crippen LogP) is 4.05. The summed E-state index contributed by atoms with van der Waals surface area (Å²) >= 11 is 0. The number of likely N-dealkylation sites (tertiary alicyclic amines) is 1. The van der Waals surface area contributed by atoms with Crippen molar-refractivity contribution in [1.82, 2.24) is 15.1 Å². The smallest absolute Gasteiger partial charge is 0.243 e. The molecule has 2 aromatic carbocycles. The van der Waals surface area contributed by atoms with Crippen LogP contribution in [-0.2, 0) is 32.1 Å². The van der Waals surface area contributed by atoms with Crippen LogP contribution in [0, 0.1) is 24.7 Å². The molecule has 0 saturated carbocycles. The summed E-state index contributed by atoms with van der Waals surface area (Å²) in [7, 11) is 0. The highest BCUT2D eigenvalue weighted by molar-refractivity contribution is 6.05. The maximum Gasteiger partial charge on any atom is 0.243 e. The van der Waals surface area contributed by atoms with Gasteiger partial charge in [0.1, 0.15) is 6.04 Å². The molecule has 0 radical (unpaired) electrons. The number of allylic oxidation sites excluding steroid dienone is 2. The standard InChI is InChI=1S/C32H39N3O4/c1-22(2)20-33-30(37)28(19-24-11-5-4-6-12-24)35(21-25-13-9-10-23(3)18-25)29(36)16-17-34-31(38)26-14-7-8-15-27(26)32(34)39/h4-13,18,22,26-28H,14-17,19-21H2,1-3H3,(H,33,37)/t26-,27+,28-/m1/s1. The van der Waals surface area contributed by atoms with Gasteiger partial charge in [-0.1, -0.05) is 86.2 Å². The first-order valence-electron chi connectivity index (χ1n) is 13.9. The first-order chi connectivity index (χ1) is 18.7. The molecule has 1 saturated heterocycles. The number of aryl methyl sites for hydroxylation is 1. The van der Waals surface area contributed by atoms with Gasteiger partial charge in [-0.05, 0) is 36.8 Å². The van der Waals surface area contributed by atoms with Crippen LogP contribution in [0.3, 0.4) is 0 Å². The van der Waals surface area contributed by atoms with Crippen molar-refractivity contribution < 1.29 is 19.2 Å². The molecule has 1 aliphatic carbocycles. The van der Waals surface area contributed by atoms with E-state index in [0.29, 0.717) is 25.8 Å². The summed E-state index contributed by atoms with van der Waals surface area (Å²) in [6.45, 7) is 6.83. The molecule has 0 spiro atoms. The second-order valence-electron chi connectivity index (χ2n) is 11.1. The Morgan fingerprint density at radius 2 is 1.59 bits per heavy atom. The molecular weight excluding hydrogens is 490 g/mol.